The van der Waals surface area contributed by atoms with Crippen LogP contribution in [0.4, 0.5) is 4.39 Å². The number of hydrogen-bond acceptors (Lipinski definition) is 3. The number of imidazole rings is 1. The number of thiazole rings is 1. The fourth-order valence-electron chi connectivity index (χ4n) is 2.25. The van der Waals surface area contributed by atoms with Crippen LogP contribution in [0.2, 0.25) is 5.02 Å². The molecule has 3 aromatic rings. The van der Waals surface area contributed by atoms with Gasteiger partial charge in [0, 0.05) is 30.1 Å². The smallest absolute Gasteiger partial charge is 0.144 e. The molecule has 0 saturated heterocycles. The third-order valence-electron chi connectivity index (χ3n) is 3.20. The number of aryl methyl sites for hydroxylation is 3. The molecule has 0 fully saturated rings. The molecule has 0 bridgehead atoms. The van der Waals surface area contributed by atoms with Crippen LogP contribution in [0.5, 0.6) is 0 Å². The minimum atomic E-state index is -0.467. The van der Waals surface area contributed by atoms with E-state index in [-0.39, 0.29) is 10.9 Å². The van der Waals surface area contributed by atoms with Crippen LogP contribution < -0.4 is 0 Å². The van der Waals surface area contributed by atoms with Gasteiger partial charge in [-0.25, -0.2) is 14.4 Å². The summed E-state index contributed by atoms with van der Waals surface area (Å²) >= 11 is 13.5. The first-order chi connectivity index (χ1) is 10.1. The summed E-state index contributed by atoms with van der Waals surface area (Å²) < 4.78 is 15.5. The summed E-state index contributed by atoms with van der Waals surface area (Å²) in [6, 6.07) is 2.94. The van der Waals surface area contributed by atoms with Gasteiger partial charge in [0.15, 0.2) is 0 Å². The number of rotatable bonds is 4. The Morgan fingerprint density at radius 2 is 2.14 bits per heavy atom. The van der Waals surface area contributed by atoms with Crippen LogP contribution in [0.15, 0.2) is 17.5 Å². The van der Waals surface area contributed by atoms with Crippen molar-refractivity contribution in [1.82, 2.24) is 14.5 Å². The predicted octanol–water partition coefficient (Wildman–Crippen LogP) is 4.58. The summed E-state index contributed by atoms with van der Waals surface area (Å²) in [5, 5.41) is 3.17. The number of fused-ring (bicyclic) bond motifs is 1. The largest absolute Gasteiger partial charge is 0.327 e. The molecule has 0 unspecified atom stereocenters. The fraction of sp³-hybridized carbons (Fsp3) is 0.286. The molecule has 7 heteroatoms. The highest BCUT2D eigenvalue weighted by molar-refractivity contribution is 7.09. The number of nitrogens with zero attached hydrogens (tertiary/aromatic N) is 3. The van der Waals surface area contributed by atoms with Gasteiger partial charge in [-0.1, -0.05) is 11.6 Å². The monoisotopic (exact) mass is 343 g/mol. The molecule has 2 heterocycles. The Bertz CT molecular complexity index is 797. The standard InChI is InChI=1S/C14H12Cl2FN3S/c1-8-7-21-14(18-8)2-3-20-12-4-9(16)10(17)5-11(12)19-13(20)6-15/h4-5,7H,2-3,6H2,1H3. The first kappa shape index (κ1) is 14.8. The van der Waals surface area contributed by atoms with Gasteiger partial charge >= 0.3 is 0 Å². The second-order valence-electron chi connectivity index (χ2n) is 4.70. The van der Waals surface area contributed by atoms with E-state index in [1.807, 2.05) is 16.9 Å². The second kappa shape index (κ2) is 5.91. The SMILES string of the molecule is Cc1csc(CCn2c(CCl)nc3cc(F)c(Cl)cc32)n1. The molecule has 0 amide bonds. The zero-order valence-electron chi connectivity index (χ0n) is 11.2. The van der Waals surface area contributed by atoms with Crippen molar-refractivity contribution in [1.29, 1.82) is 0 Å². The van der Waals surface area contributed by atoms with Gasteiger partial charge in [0.05, 0.1) is 26.9 Å². The maximum atomic E-state index is 13.5. The quantitative estimate of drug-likeness (QED) is 0.649. The Hall–Kier alpha value is -1.17. The number of hydrogen-bond donors (Lipinski definition) is 0. The first-order valence-corrected chi connectivity index (χ1v) is 8.19. The molecule has 3 rings (SSSR count). The molecule has 0 aliphatic heterocycles. The molecule has 0 aliphatic carbocycles. The fourth-order valence-corrected chi connectivity index (χ4v) is 3.37. The Morgan fingerprint density at radius 1 is 1.33 bits per heavy atom. The molecule has 3 nitrogen and oxygen atoms in total. The molecule has 21 heavy (non-hydrogen) atoms. The zero-order chi connectivity index (χ0) is 15.0. The Balaban J connectivity index is 1.97. The van der Waals surface area contributed by atoms with Gasteiger partial charge in [-0.3, -0.25) is 0 Å². The summed E-state index contributed by atoms with van der Waals surface area (Å²) in [6.45, 7) is 2.66. The summed E-state index contributed by atoms with van der Waals surface area (Å²) in [5.74, 6) is 0.511. The van der Waals surface area contributed by atoms with E-state index in [9.17, 15) is 4.39 Å². The van der Waals surface area contributed by atoms with Crippen LogP contribution in [0, 0.1) is 12.7 Å². The molecule has 0 aliphatic rings. The van der Waals surface area contributed by atoms with Crippen LogP contribution in [0.25, 0.3) is 11.0 Å². The molecule has 0 radical (unpaired) electrons. The van der Waals surface area contributed by atoms with Crippen LogP contribution in [0.3, 0.4) is 0 Å². The predicted molar refractivity (Wildman–Crippen MR) is 84.8 cm³/mol. The topological polar surface area (TPSA) is 30.7 Å². The van der Waals surface area contributed by atoms with Crippen molar-refractivity contribution >= 4 is 45.6 Å². The Morgan fingerprint density at radius 3 is 2.81 bits per heavy atom. The molecule has 0 spiro atoms. The van der Waals surface area contributed by atoms with Crippen molar-refractivity contribution in [3.63, 3.8) is 0 Å². The first-order valence-electron chi connectivity index (χ1n) is 6.39. The van der Waals surface area contributed by atoms with Crippen LogP contribution in [0.1, 0.15) is 16.5 Å². The van der Waals surface area contributed by atoms with Gasteiger partial charge in [-0.15, -0.1) is 22.9 Å². The van der Waals surface area contributed by atoms with Crippen molar-refractivity contribution in [3.8, 4) is 0 Å². The lowest BCUT2D eigenvalue weighted by Crippen LogP contribution is -2.05. The molecular formula is C14H12Cl2FN3S. The summed E-state index contributed by atoms with van der Waals surface area (Å²) in [7, 11) is 0. The zero-order valence-corrected chi connectivity index (χ0v) is 13.6. The minimum absolute atomic E-state index is 0.0925. The van der Waals surface area contributed by atoms with E-state index in [1.54, 1.807) is 17.4 Å². The lowest BCUT2D eigenvalue weighted by Gasteiger charge is -2.06. The molecule has 0 N–H and O–H groups in total. The highest BCUT2D eigenvalue weighted by Gasteiger charge is 2.13. The van der Waals surface area contributed by atoms with Gasteiger partial charge in [0.25, 0.3) is 0 Å². The molecule has 0 saturated carbocycles. The highest BCUT2D eigenvalue weighted by atomic mass is 35.5. The summed E-state index contributed by atoms with van der Waals surface area (Å²) in [6.07, 6.45) is 0.781. The maximum absolute atomic E-state index is 13.5. The normalized spacial score (nSPS) is 11.4. The minimum Gasteiger partial charge on any atom is -0.327 e. The number of halogens is 3. The van der Waals surface area contributed by atoms with E-state index in [0.717, 1.165) is 22.6 Å². The van der Waals surface area contributed by atoms with Crippen LogP contribution in [-0.4, -0.2) is 14.5 Å². The van der Waals surface area contributed by atoms with E-state index in [4.69, 9.17) is 23.2 Å². The lowest BCUT2D eigenvalue weighted by atomic mass is 10.3. The second-order valence-corrected chi connectivity index (χ2v) is 6.32. The number of benzene rings is 1. The molecule has 1 aromatic carbocycles. The number of alkyl halides is 1. The van der Waals surface area contributed by atoms with Gasteiger partial charge < -0.3 is 4.57 Å². The van der Waals surface area contributed by atoms with Gasteiger partial charge in [0.2, 0.25) is 0 Å². The Kier molecular flexibility index (Phi) is 4.15. The van der Waals surface area contributed by atoms with Crippen molar-refractivity contribution < 1.29 is 4.39 Å². The van der Waals surface area contributed by atoms with Crippen LogP contribution in [-0.2, 0) is 18.8 Å². The van der Waals surface area contributed by atoms with Crippen molar-refractivity contribution in [2.45, 2.75) is 25.8 Å². The Labute approximate surface area is 135 Å². The van der Waals surface area contributed by atoms with E-state index in [1.165, 1.54) is 6.07 Å². The van der Waals surface area contributed by atoms with E-state index >= 15 is 0 Å². The molecule has 0 atom stereocenters. The maximum Gasteiger partial charge on any atom is 0.144 e. The van der Waals surface area contributed by atoms with Gasteiger partial charge in [-0.05, 0) is 13.0 Å². The van der Waals surface area contributed by atoms with E-state index in [0.29, 0.717) is 17.9 Å². The van der Waals surface area contributed by atoms with Crippen LogP contribution >= 0.6 is 34.5 Å². The van der Waals surface area contributed by atoms with E-state index in [2.05, 4.69) is 9.97 Å². The van der Waals surface area contributed by atoms with Crippen molar-refractivity contribution in [3.05, 3.63) is 44.9 Å². The van der Waals surface area contributed by atoms with E-state index < -0.39 is 5.82 Å². The lowest BCUT2D eigenvalue weighted by molar-refractivity contribution is 0.629. The van der Waals surface area contributed by atoms with Gasteiger partial charge in [-0.2, -0.15) is 0 Å². The molecule has 2 aromatic heterocycles. The summed E-state index contributed by atoms with van der Waals surface area (Å²) in [5.41, 5.74) is 2.39. The third-order valence-corrected chi connectivity index (χ3v) is 4.76. The van der Waals surface area contributed by atoms with Crippen molar-refractivity contribution in [2.75, 3.05) is 0 Å². The average molecular weight is 344 g/mol. The summed E-state index contributed by atoms with van der Waals surface area (Å²) in [4.78, 5) is 8.81. The van der Waals surface area contributed by atoms with Gasteiger partial charge in [0.1, 0.15) is 11.6 Å². The number of aromatic nitrogens is 3. The molecule has 110 valence electrons. The average Bonchev–Trinajstić information content (AvgIpc) is 3.01. The third kappa shape index (κ3) is 2.91. The van der Waals surface area contributed by atoms with Crippen molar-refractivity contribution in [2.24, 2.45) is 0 Å². The highest BCUT2D eigenvalue weighted by Crippen LogP contribution is 2.25. The molecular weight excluding hydrogens is 332 g/mol.